The van der Waals surface area contributed by atoms with Crippen molar-refractivity contribution in [1.82, 2.24) is 10.3 Å². The molecule has 182 valence electrons. The Morgan fingerprint density at radius 1 is 1.17 bits per heavy atom. The minimum absolute atomic E-state index is 0.0172. The smallest absolute Gasteiger partial charge is 0.259 e. The maximum atomic E-state index is 15.1. The summed E-state index contributed by atoms with van der Waals surface area (Å²) in [6.45, 7) is 12.5. The first-order valence-corrected chi connectivity index (χ1v) is 11.7. The first-order chi connectivity index (χ1) is 17.1. The number of hydrogen-bond donors (Lipinski definition) is 1. The van der Waals surface area contributed by atoms with Crippen LogP contribution >= 0.6 is 12.2 Å². The van der Waals surface area contributed by atoms with E-state index in [4.69, 9.17) is 18.8 Å². The van der Waals surface area contributed by atoms with Crippen molar-refractivity contribution in [3.63, 3.8) is 0 Å². The highest BCUT2D eigenvalue weighted by Gasteiger charge is 2.50. The van der Waals surface area contributed by atoms with Crippen LogP contribution in [0.15, 0.2) is 60.8 Å². The summed E-state index contributed by atoms with van der Waals surface area (Å²) in [6, 6.07) is 15.0. The number of carbonyl (C=O) groups is 2. The molecule has 1 saturated heterocycles. The summed E-state index contributed by atoms with van der Waals surface area (Å²) in [6.07, 6.45) is 1.71. The number of amides is 2. The highest BCUT2D eigenvalue weighted by atomic mass is 32.1. The Hall–Kier alpha value is -4.16. The monoisotopic (exact) mass is 501 g/mol. The molecule has 2 amide bonds. The molecule has 0 radical (unpaired) electrons. The van der Waals surface area contributed by atoms with E-state index in [1.807, 2.05) is 0 Å². The molecule has 1 fully saturated rings. The van der Waals surface area contributed by atoms with E-state index in [2.05, 4.69) is 15.1 Å². The third-order valence-corrected chi connectivity index (χ3v) is 6.43. The van der Waals surface area contributed by atoms with E-state index in [9.17, 15) is 9.59 Å². The Morgan fingerprint density at radius 2 is 1.92 bits per heavy atom. The van der Waals surface area contributed by atoms with E-state index in [0.717, 1.165) is 5.56 Å². The zero-order chi connectivity index (χ0) is 26.0. The summed E-state index contributed by atoms with van der Waals surface area (Å²) in [5.74, 6) is -1.04. The molecule has 0 bridgehead atoms. The van der Waals surface area contributed by atoms with Crippen LogP contribution in [0.25, 0.3) is 4.85 Å². The molecule has 4 rings (SSSR count). The first kappa shape index (κ1) is 24.9. The van der Waals surface area contributed by atoms with Crippen LogP contribution in [0.1, 0.15) is 30.7 Å². The van der Waals surface area contributed by atoms with Crippen molar-refractivity contribution in [2.24, 2.45) is 0 Å². The predicted octanol–water partition coefficient (Wildman–Crippen LogP) is 4.86. The number of rotatable bonds is 6. The van der Waals surface area contributed by atoms with E-state index in [1.54, 1.807) is 80.4 Å². The molecule has 0 saturated carbocycles. The summed E-state index contributed by atoms with van der Waals surface area (Å²) in [4.78, 5) is 36.2. The van der Waals surface area contributed by atoms with Crippen LogP contribution in [0, 0.1) is 19.3 Å². The molecule has 1 N–H and O–H groups in total. The van der Waals surface area contributed by atoms with Gasteiger partial charge in [0.05, 0.1) is 13.0 Å². The van der Waals surface area contributed by atoms with Crippen LogP contribution < -0.4 is 15.1 Å². The van der Waals surface area contributed by atoms with E-state index in [0.29, 0.717) is 28.3 Å². The molecule has 1 aliphatic rings. The maximum Gasteiger partial charge on any atom is 0.259 e. The third kappa shape index (κ3) is 4.68. The Bertz CT molecular complexity index is 1400. The first-order valence-electron chi connectivity index (χ1n) is 11.3. The van der Waals surface area contributed by atoms with Gasteiger partial charge in [0.15, 0.2) is 10.8 Å². The molecule has 7 nitrogen and oxygen atoms in total. The number of hydrogen-bond acceptors (Lipinski definition) is 4. The van der Waals surface area contributed by atoms with Gasteiger partial charge in [-0.15, -0.1) is 0 Å². The van der Waals surface area contributed by atoms with E-state index in [1.165, 1.54) is 11.0 Å². The lowest BCUT2D eigenvalue weighted by Gasteiger charge is -2.29. The van der Waals surface area contributed by atoms with Crippen molar-refractivity contribution in [3.05, 3.63) is 94.8 Å². The molecule has 0 atom stereocenters. The summed E-state index contributed by atoms with van der Waals surface area (Å²) in [5, 5.41) is 2.93. The van der Waals surface area contributed by atoms with Gasteiger partial charge in [-0.25, -0.2) is 9.24 Å². The van der Waals surface area contributed by atoms with Gasteiger partial charge < -0.3 is 10.2 Å². The quantitative estimate of drug-likeness (QED) is 0.386. The van der Waals surface area contributed by atoms with Crippen LogP contribution in [0.5, 0.6) is 0 Å². The molecule has 3 aromatic rings. The van der Waals surface area contributed by atoms with Gasteiger partial charge >= 0.3 is 0 Å². The van der Waals surface area contributed by atoms with Gasteiger partial charge in [-0.1, -0.05) is 18.2 Å². The van der Waals surface area contributed by atoms with Crippen molar-refractivity contribution in [3.8, 4) is 0 Å². The number of nitrogens with zero attached hydrogens (tertiary/aromatic N) is 4. The van der Waals surface area contributed by atoms with Crippen LogP contribution in [-0.4, -0.2) is 27.4 Å². The number of benzene rings is 2. The number of carbonyl (C=O) groups excluding carboxylic acids is 2. The number of nitrogens with one attached hydrogen (secondary N) is 1. The predicted molar refractivity (Wildman–Crippen MR) is 140 cm³/mol. The second-order valence-electron chi connectivity index (χ2n) is 8.95. The van der Waals surface area contributed by atoms with Crippen molar-refractivity contribution in [2.75, 3.05) is 9.80 Å². The molecule has 0 aliphatic carbocycles. The molecule has 1 aliphatic heterocycles. The third-order valence-electron chi connectivity index (χ3n) is 6.07. The van der Waals surface area contributed by atoms with Crippen LogP contribution in [-0.2, 0) is 22.6 Å². The number of thiocarbonyl (C=S) groups is 1. The molecule has 0 spiro atoms. The summed E-state index contributed by atoms with van der Waals surface area (Å²) >= 11 is 5.67. The zero-order valence-corrected chi connectivity index (χ0v) is 20.9. The molecule has 9 heteroatoms. The fraction of sp³-hybridized carbons (Fsp3) is 0.222. The van der Waals surface area contributed by atoms with Gasteiger partial charge in [-0.2, -0.15) is 0 Å². The number of aryl methyl sites for hydroxylation is 1. The molecule has 1 aromatic heterocycles. The lowest BCUT2D eigenvalue weighted by atomic mass is 10.0. The molecule has 2 heterocycles. The lowest BCUT2D eigenvalue weighted by molar-refractivity contribution is -0.121. The Kier molecular flexibility index (Phi) is 6.82. The van der Waals surface area contributed by atoms with E-state index < -0.39 is 11.4 Å². The van der Waals surface area contributed by atoms with Crippen molar-refractivity contribution in [1.29, 1.82) is 0 Å². The maximum absolute atomic E-state index is 15.1. The average molecular weight is 502 g/mol. The Labute approximate surface area is 214 Å². The van der Waals surface area contributed by atoms with Crippen molar-refractivity contribution in [2.45, 2.75) is 39.3 Å². The summed E-state index contributed by atoms with van der Waals surface area (Å²) in [5.41, 5.74) is 2.09. The van der Waals surface area contributed by atoms with Gasteiger partial charge in [-0.05, 0) is 75.0 Å². The number of aromatic nitrogens is 1. The second kappa shape index (κ2) is 9.84. The number of anilines is 2. The molecule has 2 aromatic carbocycles. The minimum atomic E-state index is -1.06. The van der Waals surface area contributed by atoms with E-state index in [-0.39, 0.29) is 29.9 Å². The van der Waals surface area contributed by atoms with Gasteiger partial charge in [0.25, 0.3) is 5.91 Å². The number of halogens is 1. The molecule has 36 heavy (non-hydrogen) atoms. The standard InChI is InChI=1S/C27H24FN5O2S/c1-17-13-20(10-11-23(17)29-4)32-25(35)27(2,3)33(26(32)36)21-9-8-18(22(28)15-21)16-31-24(34)14-19-7-5-6-12-30-19/h5-13,15H,14,16H2,1-3H3,(H,31,34). The van der Waals surface area contributed by atoms with E-state index >= 15 is 4.39 Å². The Morgan fingerprint density at radius 3 is 2.56 bits per heavy atom. The largest absolute Gasteiger partial charge is 0.352 e. The van der Waals surface area contributed by atoms with Crippen molar-refractivity contribution < 1.29 is 14.0 Å². The van der Waals surface area contributed by atoms with Crippen LogP contribution in [0.4, 0.5) is 21.5 Å². The minimum Gasteiger partial charge on any atom is -0.352 e. The highest BCUT2D eigenvalue weighted by molar-refractivity contribution is 7.81. The highest BCUT2D eigenvalue weighted by Crippen LogP contribution is 2.38. The zero-order valence-electron chi connectivity index (χ0n) is 20.1. The molecular weight excluding hydrogens is 477 g/mol. The fourth-order valence-electron chi connectivity index (χ4n) is 4.10. The summed E-state index contributed by atoms with van der Waals surface area (Å²) in [7, 11) is 0. The molecular formula is C27H24FN5O2S. The average Bonchev–Trinajstić information content (AvgIpc) is 3.02. The SMILES string of the molecule is [C-]#[N+]c1ccc(N2C(=O)C(C)(C)N(c3ccc(CNC(=O)Cc4ccccn4)c(F)c3)C2=S)cc1C. The van der Waals surface area contributed by atoms with Crippen LogP contribution in [0.3, 0.4) is 0 Å². The molecule has 0 unspecified atom stereocenters. The lowest BCUT2D eigenvalue weighted by Crippen LogP contribution is -2.44. The topological polar surface area (TPSA) is 69.9 Å². The van der Waals surface area contributed by atoms with Crippen molar-refractivity contribution >= 4 is 46.2 Å². The summed E-state index contributed by atoms with van der Waals surface area (Å²) < 4.78 is 15.1. The second-order valence-corrected chi connectivity index (χ2v) is 9.32. The van der Waals surface area contributed by atoms with Gasteiger partial charge in [0.1, 0.15) is 11.4 Å². The number of pyridine rings is 1. The van der Waals surface area contributed by atoms with Crippen LogP contribution in [0.2, 0.25) is 0 Å². The van der Waals surface area contributed by atoms with Gasteiger partial charge in [0, 0.05) is 35.4 Å². The fourth-order valence-corrected chi connectivity index (χ4v) is 4.62. The van der Waals surface area contributed by atoms with Gasteiger partial charge in [-0.3, -0.25) is 19.5 Å². The normalized spacial score (nSPS) is 14.6. The Balaban J connectivity index is 1.53. The van der Waals surface area contributed by atoms with Gasteiger partial charge in [0.2, 0.25) is 5.91 Å².